The average molecular weight is 383 g/mol. The maximum atomic E-state index is 13.2. The van der Waals surface area contributed by atoms with Gasteiger partial charge in [-0.3, -0.25) is 9.59 Å². The van der Waals surface area contributed by atoms with Gasteiger partial charge in [0.1, 0.15) is 11.4 Å². The minimum Gasteiger partial charge on any atom is -0.497 e. The van der Waals surface area contributed by atoms with Crippen molar-refractivity contribution in [2.75, 3.05) is 12.0 Å². The molecule has 0 N–H and O–H groups in total. The van der Waals surface area contributed by atoms with E-state index in [0.717, 1.165) is 22.7 Å². The van der Waals surface area contributed by atoms with Crippen molar-refractivity contribution in [3.63, 3.8) is 0 Å². The van der Waals surface area contributed by atoms with E-state index < -0.39 is 0 Å². The summed E-state index contributed by atoms with van der Waals surface area (Å²) in [6.07, 6.45) is 0.766. The Bertz CT molecular complexity index is 949. The standard InChI is InChI=1S/C20H21N3O3S/c1-3-12-23-19(24)11-10-18(21-23)20(25)22(14-17-5-4-13-27-17)15-6-8-16(26-2)9-7-15/h4-11,13H,3,12,14H2,1-2H3. The van der Waals surface area contributed by atoms with Crippen molar-refractivity contribution in [1.82, 2.24) is 9.78 Å². The van der Waals surface area contributed by atoms with Crippen LogP contribution in [0, 0.1) is 0 Å². The number of hydrogen-bond acceptors (Lipinski definition) is 5. The maximum Gasteiger partial charge on any atom is 0.279 e. The average Bonchev–Trinajstić information content (AvgIpc) is 3.21. The fraction of sp³-hybridized carbons (Fsp3) is 0.250. The van der Waals surface area contributed by atoms with Gasteiger partial charge >= 0.3 is 0 Å². The van der Waals surface area contributed by atoms with E-state index in [1.165, 1.54) is 16.8 Å². The Kier molecular flexibility index (Phi) is 6.03. The minimum absolute atomic E-state index is 0.206. The van der Waals surface area contributed by atoms with Gasteiger partial charge < -0.3 is 9.64 Å². The van der Waals surface area contributed by atoms with Gasteiger partial charge in [0.25, 0.3) is 11.5 Å². The Morgan fingerprint density at radius 1 is 1.19 bits per heavy atom. The predicted molar refractivity (Wildman–Crippen MR) is 107 cm³/mol. The molecule has 27 heavy (non-hydrogen) atoms. The van der Waals surface area contributed by atoms with E-state index in [0.29, 0.717) is 13.1 Å². The molecule has 2 heterocycles. The molecule has 1 aromatic carbocycles. The Morgan fingerprint density at radius 3 is 2.59 bits per heavy atom. The van der Waals surface area contributed by atoms with Gasteiger partial charge in [0, 0.05) is 23.2 Å². The van der Waals surface area contributed by atoms with Crippen molar-refractivity contribution >= 4 is 22.9 Å². The summed E-state index contributed by atoms with van der Waals surface area (Å²) in [5, 5.41) is 6.24. The normalized spacial score (nSPS) is 10.6. The molecule has 0 spiro atoms. The number of carbonyl (C=O) groups is 1. The topological polar surface area (TPSA) is 64.4 Å². The fourth-order valence-corrected chi connectivity index (χ4v) is 3.37. The van der Waals surface area contributed by atoms with Crippen LogP contribution in [0.2, 0.25) is 0 Å². The number of rotatable bonds is 7. The lowest BCUT2D eigenvalue weighted by atomic mass is 10.2. The van der Waals surface area contributed by atoms with Crippen LogP contribution in [-0.2, 0) is 13.1 Å². The van der Waals surface area contributed by atoms with Crippen molar-refractivity contribution in [1.29, 1.82) is 0 Å². The van der Waals surface area contributed by atoms with Crippen molar-refractivity contribution in [2.45, 2.75) is 26.4 Å². The highest BCUT2D eigenvalue weighted by molar-refractivity contribution is 7.09. The molecule has 2 aromatic heterocycles. The van der Waals surface area contributed by atoms with E-state index in [-0.39, 0.29) is 17.2 Å². The van der Waals surface area contributed by atoms with Crippen LogP contribution in [0.3, 0.4) is 0 Å². The van der Waals surface area contributed by atoms with Crippen LogP contribution < -0.4 is 15.2 Å². The molecule has 0 aliphatic carbocycles. The first-order valence-corrected chi connectivity index (χ1v) is 9.57. The van der Waals surface area contributed by atoms with Crippen LogP contribution in [-0.4, -0.2) is 22.8 Å². The Balaban J connectivity index is 1.97. The first kappa shape index (κ1) is 18.8. The lowest BCUT2D eigenvalue weighted by Crippen LogP contribution is -2.33. The molecule has 0 bridgehead atoms. The summed E-state index contributed by atoms with van der Waals surface area (Å²) >= 11 is 1.59. The second-order valence-electron chi connectivity index (χ2n) is 5.95. The number of benzene rings is 1. The fourth-order valence-electron chi connectivity index (χ4n) is 2.67. The monoisotopic (exact) mass is 383 g/mol. The quantitative estimate of drug-likeness (QED) is 0.626. The van der Waals surface area contributed by atoms with Crippen LogP contribution in [0.15, 0.2) is 58.7 Å². The molecule has 0 aliphatic heterocycles. The molecule has 0 atom stereocenters. The summed E-state index contributed by atoms with van der Waals surface area (Å²) < 4.78 is 6.54. The highest BCUT2D eigenvalue weighted by atomic mass is 32.1. The molecule has 0 unspecified atom stereocenters. The maximum absolute atomic E-state index is 13.2. The zero-order valence-electron chi connectivity index (χ0n) is 15.3. The van der Waals surface area contributed by atoms with Crippen LogP contribution in [0.1, 0.15) is 28.7 Å². The molecular weight excluding hydrogens is 362 g/mol. The van der Waals surface area contributed by atoms with Gasteiger partial charge in [-0.15, -0.1) is 11.3 Å². The molecule has 0 radical (unpaired) electrons. The first-order chi connectivity index (χ1) is 13.1. The molecule has 3 aromatic rings. The summed E-state index contributed by atoms with van der Waals surface area (Å²) in [5.74, 6) is 0.468. The SMILES string of the molecule is CCCn1nc(C(=O)N(Cc2cccs2)c2ccc(OC)cc2)ccc1=O. The summed E-state index contributed by atoms with van der Waals surface area (Å²) in [5.41, 5.74) is 0.780. The van der Waals surface area contributed by atoms with Gasteiger partial charge in [-0.05, 0) is 48.2 Å². The van der Waals surface area contributed by atoms with Gasteiger partial charge in [-0.25, -0.2) is 4.68 Å². The van der Waals surface area contributed by atoms with E-state index in [9.17, 15) is 9.59 Å². The highest BCUT2D eigenvalue weighted by Gasteiger charge is 2.21. The number of thiophene rings is 1. The summed E-state index contributed by atoms with van der Waals surface area (Å²) in [7, 11) is 1.60. The Labute approximate surface area is 161 Å². The van der Waals surface area contributed by atoms with E-state index in [1.807, 2.05) is 48.7 Å². The Morgan fingerprint density at radius 2 is 1.96 bits per heavy atom. The van der Waals surface area contributed by atoms with E-state index in [4.69, 9.17) is 4.74 Å². The molecule has 6 nitrogen and oxygen atoms in total. The Hall–Kier alpha value is -2.93. The zero-order chi connectivity index (χ0) is 19.2. The van der Waals surface area contributed by atoms with Crippen LogP contribution in [0.4, 0.5) is 5.69 Å². The summed E-state index contributed by atoms with van der Waals surface area (Å²) in [6.45, 7) is 2.87. The van der Waals surface area contributed by atoms with Gasteiger partial charge in [0.05, 0.1) is 13.7 Å². The third-order valence-corrected chi connectivity index (χ3v) is 4.91. The molecule has 0 saturated carbocycles. The minimum atomic E-state index is -0.251. The lowest BCUT2D eigenvalue weighted by molar-refractivity contribution is 0.0978. The second-order valence-corrected chi connectivity index (χ2v) is 6.98. The van der Waals surface area contributed by atoms with Crippen LogP contribution in [0.5, 0.6) is 5.75 Å². The van der Waals surface area contributed by atoms with Crippen molar-refractivity contribution in [3.8, 4) is 5.75 Å². The number of methoxy groups -OCH3 is 1. The smallest absolute Gasteiger partial charge is 0.279 e. The number of aromatic nitrogens is 2. The number of anilines is 1. The highest BCUT2D eigenvalue weighted by Crippen LogP contribution is 2.24. The summed E-state index contributed by atoms with van der Waals surface area (Å²) in [4.78, 5) is 27.8. The number of carbonyl (C=O) groups excluding carboxylic acids is 1. The molecule has 3 rings (SSSR count). The molecule has 0 fully saturated rings. The van der Waals surface area contributed by atoms with Crippen molar-refractivity contribution in [3.05, 3.63) is 74.8 Å². The van der Waals surface area contributed by atoms with Gasteiger partial charge in [-0.1, -0.05) is 13.0 Å². The third-order valence-electron chi connectivity index (χ3n) is 4.04. The molecule has 0 saturated heterocycles. The number of hydrogen-bond donors (Lipinski definition) is 0. The number of ether oxygens (including phenoxy) is 1. The van der Waals surface area contributed by atoms with E-state index in [1.54, 1.807) is 23.3 Å². The van der Waals surface area contributed by atoms with Gasteiger partial charge in [0.15, 0.2) is 0 Å². The van der Waals surface area contributed by atoms with E-state index in [2.05, 4.69) is 5.10 Å². The third kappa shape index (κ3) is 4.43. The zero-order valence-corrected chi connectivity index (χ0v) is 16.1. The largest absolute Gasteiger partial charge is 0.497 e. The first-order valence-electron chi connectivity index (χ1n) is 8.69. The molecule has 140 valence electrons. The number of nitrogens with zero attached hydrogens (tertiary/aromatic N) is 3. The summed E-state index contributed by atoms with van der Waals surface area (Å²) in [6, 6.07) is 14.1. The molecule has 0 aliphatic rings. The lowest BCUT2D eigenvalue weighted by Gasteiger charge is -2.22. The van der Waals surface area contributed by atoms with Crippen LogP contribution >= 0.6 is 11.3 Å². The van der Waals surface area contributed by atoms with Crippen molar-refractivity contribution < 1.29 is 9.53 Å². The van der Waals surface area contributed by atoms with E-state index >= 15 is 0 Å². The van der Waals surface area contributed by atoms with Gasteiger partial charge in [-0.2, -0.15) is 5.10 Å². The number of aryl methyl sites for hydroxylation is 1. The molecular formula is C20H21N3O3S. The van der Waals surface area contributed by atoms with Crippen molar-refractivity contribution in [2.24, 2.45) is 0 Å². The second kappa shape index (κ2) is 8.64. The molecule has 1 amide bonds. The number of amides is 1. The van der Waals surface area contributed by atoms with Gasteiger partial charge in [0.2, 0.25) is 0 Å². The predicted octanol–water partition coefficient (Wildman–Crippen LogP) is 3.57. The molecule has 7 heteroatoms. The van der Waals surface area contributed by atoms with Crippen LogP contribution in [0.25, 0.3) is 0 Å².